The van der Waals surface area contributed by atoms with Crippen LogP contribution in [-0.2, 0) is 24.2 Å². The minimum atomic E-state index is 0.607. The van der Waals surface area contributed by atoms with E-state index in [0.29, 0.717) is 6.61 Å². The van der Waals surface area contributed by atoms with Crippen LogP contribution in [0.1, 0.15) is 29.6 Å². The lowest BCUT2D eigenvalue weighted by atomic mass is 10.1. The van der Waals surface area contributed by atoms with Crippen molar-refractivity contribution in [2.24, 2.45) is 0 Å². The zero-order chi connectivity index (χ0) is 14.7. The topological polar surface area (TPSA) is 47.0 Å². The lowest BCUT2D eigenvalue weighted by molar-refractivity contribution is 0.109. The molecule has 1 aromatic carbocycles. The molecule has 0 aliphatic carbocycles. The Hall–Kier alpha value is -1.46. The van der Waals surface area contributed by atoms with Gasteiger partial charge in [0.2, 0.25) is 0 Å². The maximum Gasteiger partial charge on any atom is 0.135 e. The zero-order valence-corrected chi connectivity index (χ0v) is 13.6. The molecular weight excluding hydrogens is 330 g/mol. The first-order chi connectivity index (χ1) is 10.3. The monoisotopic (exact) mass is 347 g/mol. The third-order valence-electron chi connectivity index (χ3n) is 3.49. The fourth-order valence-corrected chi connectivity index (χ4v) is 2.72. The number of hydrogen-bond donors (Lipinski definition) is 1. The summed E-state index contributed by atoms with van der Waals surface area (Å²) in [6.07, 6.45) is 1.61. The minimum absolute atomic E-state index is 0.607. The quantitative estimate of drug-likeness (QED) is 0.921. The molecule has 0 spiro atoms. The SMILES string of the molecule is CCNc1nc(Cc2ccc(Br)cc2)nc2c1COCC2. The highest BCUT2D eigenvalue weighted by molar-refractivity contribution is 9.10. The third-order valence-corrected chi connectivity index (χ3v) is 4.02. The Labute approximate surface area is 133 Å². The fraction of sp³-hybridized carbons (Fsp3) is 0.375. The Morgan fingerprint density at radius 3 is 2.81 bits per heavy atom. The number of benzene rings is 1. The molecule has 0 bridgehead atoms. The van der Waals surface area contributed by atoms with Gasteiger partial charge < -0.3 is 10.1 Å². The Balaban J connectivity index is 1.91. The molecule has 3 rings (SSSR count). The van der Waals surface area contributed by atoms with Crippen molar-refractivity contribution in [2.45, 2.75) is 26.4 Å². The molecule has 0 atom stereocenters. The number of nitrogens with one attached hydrogen (secondary N) is 1. The van der Waals surface area contributed by atoms with Crippen LogP contribution >= 0.6 is 15.9 Å². The summed E-state index contributed by atoms with van der Waals surface area (Å²) in [5.74, 6) is 1.79. The van der Waals surface area contributed by atoms with Crippen molar-refractivity contribution >= 4 is 21.7 Å². The summed E-state index contributed by atoms with van der Waals surface area (Å²) in [4.78, 5) is 9.41. The number of hydrogen-bond acceptors (Lipinski definition) is 4. The van der Waals surface area contributed by atoms with E-state index < -0.39 is 0 Å². The van der Waals surface area contributed by atoms with Crippen molar-refractivity contribution in [3.8, 4) is 0 Å². The number of anilines is 1. The molecule has 0 amide bonds. The van der Waals surface area contributed by atoms with E-state index in [1.165, 1.54) is 5.56 Å². The van der Waals surface area contributed by atoms with Crippen LogP contribution in [0.25, 0.3) is 0 Å². The molecule has 0 unspecified atom stereocenters. The molecule has 2 heterocycles. The van der Waals surface area contributed by atoms with Gasteiger partial charge in [0.1, 0.15) is 11.6 Å². The molecule has 5 heteroatoms. The van der Waals surface area contributed by atoms with Crippen LogP contribution in [0.15, 0.2) is 28.7 Å². The fourth-order valence-electron chi connectivity index (χ4n) is 2.46. The third kappa shape index (κ3) is 3.41. The van der Waals surface area contributed by atoms with Gasteiger partial charge in [0.25, 0.3) is 0 Å². The highest BCUT2D eigenvalue weighted by atomic mass is 79.9. The number of rotatable bonds is 4. The number of halogens is 1. The van der Waals surface area contributed by atoms with E-state index in [4.69, 9.17) is 9.72 Å². The van der Waals surface area contributed by atoms with Crippen LogP contribution in [-0.4, -0.2) is 23.1 Å². The predicted molar refractivity (Wildman–Crippen MR) is 86.5 cm³/mol. The number of ether oxygens (including phenoxy) is 1. The molecule has 0 saturated heterocycles. The van der Waals surface area contributed by atoms with Crippen molar-refractivity contribution in [2.75, 3.05) is 18.5 Å². The van der Waals surface area contributed by atoms with Gasteiger partial charge in [0.05, 0.1) is 18.9 Å². The largest absolute Gasteiger partial charge is 0.376 e. The van der Waals surface area contributed by atoms with Crippen LogP contribution in [0.2, 0.25) is 0 Å². The van der Waals surface area contributed by atoms with Gasteiger partial charge in [-0.2, -0.15) is 0 Å². The maximum atomic E-state index is 5.53. The second-order valence-electron chi connectivity index (χ2n) is 5.05. The second-order valence-corrected chi connectivity index (χ2v) is 5.97. The molecule has 0 radical (unpaired) electrons. The highest BCUT2D eigenvalue weighted by Gasteiger charge is 2.18. The Morgan fingerprint density at radius 1 is 1.24 bits per heavy atom. The van der Waals surface area contributed by atoms with Gasteiger partial charge in [0, 0.05) is 29.4 Å². The molecule has 110 valence electrons. The predicted octanol–water partition coefficient (Wildman–Crippen LogP) is 3.33. The lowest BCUT2D eigenvalue weighted by Crippen LogP contribution is -2.18. The van der Waals surface area contributed by atoms with Gasteiger partial charge in [-0.15, -0.1) is 0 Å². The lowest BCUT2D eigenvalue weighted by Gasteiger charge is -2.20. The van der Waals surface area contributed by atoms with E-state index in [9.17, 15) is 0 Å². The van der Waals surface area contributed by atoms with Crippen molar-refractivity contribution < 1.29 is 4.74 Å². The summed E-state index contributed by atoms with van der Waals surface area (Å²) in [6.45, 7) is 4.28. The molecule has 0 fully saturated rings. The Kier molecular flexibility index (Phi) is 4.51. The van der Waals surface area contributed by atoms with Crippen LogP contribution in [0, 0.1) is 0 Å². The van der Waals surface area contributed by atoms with Crippen molar-refractivity contribution in [3.05, 3.63) is 51.4 Å². The Morgan fingerprint density at radius 2 is 2.05 bits per heavy atom. The van der Waals surface area contributed by atoms with Gasteiger partial charge in [-0.1, -0.05) is 28.1 Å². The maximum absolute atomic E-state index is 5.53. The molecule has 1 aromatic heterocycles. The summed E-state index contributed by atoms with van der Waals surface area (Å²) in [5, 5.41) is 3.33. The van der Waals surface area contributed by atoms with Gasteiger partial charge in [-0.3, -0.25) is 0 Å². The standard InChI is InChI=1S/C16H18BrN3O/c1-2-18-16-13-10-21-8-7-14(13)19-15(20-16)9-11-3-5-12(17)6-4-11/h3-6H,2,7-10H2,1H3,(H,18,19,20). The van der Waals surface area contributed by atoms with Crippen LogP contribution in [0.3, 0.4) is 0 Å². The zero-order valence-electron chi connectivity index (χ0n) is 12.0. The van der Waals surface area contributed by atoms with Gasteiger partial charge >= 0.3 is 0 Å². The molecule has 0 saturated carbocycles. The van der Waals surface area contributed by atoms with Gasteiger partial charge in [-0.05, 0) is 24.6 Å². The van der Waals surface area contributed by atoms with E-state index in [2.05, 4.69) is 45.3 Å². The summed E-state index contributed by atoms with van der Waals surface area (Å²) in [5.41, 5.74) is 3.45. The molecule has 4 nitrogen and oxygen atoms in total. The molecule has 2 aromatic rings. The van der Waals surface area contributed by atoms with Gasteiger partial charge in [0.15, 0.2) is 0 Å². The van der Waals surface area contributed by atoms with Crippen molar-refractivity contribution in [1.29, 1.82) is 0 Å². The average Bonchev–Trinajstić information content (AvgIpc) is 2.50. The van der Waals surface area contributed by atoms with Crippen LogP contribution in [0.4, 0.5) is 5.82 Å². The summed E-state index contributed by atoms with van der Waals surface area (Å²) in [6, 6.07) is 8.30. The first kappa shape index (κ1) is 14.5. The van der Waals surface area contributed by atoms with E-state index in [0.717, 1.165) is 53.4 Å². The van der Waals surface area contributed by atoms with Gasteiger partial charge in [-0.25, -0.2) is 9.97 Å². The normalized spacial score (nSPS) is 13.8. The van der Waals surface area contributed by atoms with E-state index in [-0.39, 0.29) is 0 Å². The van der Waals surface area contributed by atoms with Crippen LogP contribution in [0.5, 0.6) is 0 Å². The van der Waals surface area contributed by atoms with E-state index in [1.54, 1.807) is 0 Å². The summed E-state index contributed by atoms with van der Waals surface area (Å²) >= 11 is 3.46. The van der Waals surface area contributed by atoms with E-state index in [1.807, 2.05) is 12.1 Å². The molecule has 1 aliphatic rings. The summed E-state index contributed by atoms with van der Waals surface area (Å²) < 4.78 is 6.62. The first-order valence-electron chi connectivity index (χ1n) is 7.21. The molecule has 21 heavy (non-hydrogen) atoms. The summed E-state index contributed by atoms with van der Waals surface area (Å²) in [7, 11) is 0. The number of nitrogens with zero attached hydrogens (tertiary/aromatic N) is 2. The van der Waals surface area contributed by atoms with Crippen molar-refractivity contribution in [3.63, 3.8) is 0 Å². The van der Waals surface area contributed by atoms with Crippen LogP contribution < -0.4 is 5.32 Å². The highest BCUT2D eigenvalue weighted by Crippen LogP contribution is 2.23. The molecule has 1 aliphatic heterocycles. The molecular formula is C16H18BrN3O. The average molecular weight is 348 g/mol. The minimum Gasteiger partial charge on any atom is -0.376 e. The second kappa shape index (κ2) is 6.54. The Bertz CT molecular complexity index is 628. The number of fused-ring (bicyclic) bond motifs is 1. The molecule has 1 N–H and O–H groups in total. The van der Waals surface area contributed by atoms with Crippen molar-refractivity contribution in [1.82, 2.24) is 9.97 Å². The first-order valence-corrected chi connectivity index (χ1v) is 8.00. The van der Waals surface area contributed by atoms with E-state index >= 15 is 0 Å². The number of aromatic nitrogens is 2. The smallest absolute Gasteiger partial charge is 0.135 e.